The van der Waals surface area contributed by atoms with Crippen molar-refractivity contribution in [3.05, 3.63) is 39.4 Å². The average molecular weight is 381 g/mol. The van der Waals surface area contributed by atoms with Gasteiger partial charge in [-0.25, -0.2) is 4.68 Å². The van der Waals surface area contributed by atoms with Crippen LogP contribution in [0.15, 0.2) is 18.2 Å². The number of methoxy groups -OCH3 is 1. The van der Waals surface area contributed by atoms with Crippen molar-refractivity contribution in [2.75, 3.05) is 14.2 Å². The minimum absolute atomic E-state index is 0.00719. The fourth-order valence-electron chi connectivity index (χ4n) is 2.27. The Balaban J connectivity index is 2.21. The largest absolute Gasteiger partial charge is 0.496 e. The third-order valence-electron chi connectivity index (χ3n) is 3.35. The lowest BCUT2D eigenvalue weighted by Crippen LogP contribution is -2.23. The Bertz CT molecular complexity index is 787. The molecule has 0 saturated carbocycles. The molecule has 0 aliphatic rings. The molecule has 2 aromatic rings. The van der Waals surface area contributed by atoms with Crippen LogP contribution in [0, 0.1) is 4.77 Å². The lowest BCUT2D eigenvalue weighted by molar-refractivity contribution is -0.147. The Kier molecular flexibility index (Phi) is 5.56. The van der Waals surface area contributed by atoms with E-state index in [2.05, 4.69) is 5.10 Å². The zero-order valence-corrected chi connectivity index (χ0v) is 14.8. The zero-order valence-electron chi connectivity index (χ0n) is 13.3. The first-order valence-corrected chi connectivity index (χ1v) is 7.64. The van der Waals surface area contributed by atoms with E-state index in [0.29, 0.717) is 17.3 Å². The van der Waals surface area contributed by atoms with Crippen LogP contribution >= 0.6 is 23.8 Å². The highest BCUT2D eigenvalue weighted by molar-refractivity contribution is 7.71. The van der Waals surface area contributed by atoms with Crippen LogP contribution in [-0.2, 0) is 26.4 Å². The summed E-state index contributed by atoms with van der Waals surface area (Å²) in [5.74, 6) is -0.381. The molecule has 0 spiro atoms. The molecule has 1 heterocycles. The smallest absolute Gasteiger partial charge is 0.451 e. The Labute approximate surface area is 147 Å². The van der Waals surface area contributed by atoms with Crippen molar-refractivity contribution in [2.45, 2.75) is 19.4 Å². The highest BCUT2D eigenvalue weighted by Gasteiger charge is 2.37. The van der Waals surface area contributed by atoms with Crippen LogP contribution in [0.25, 0.3) is 0 Å². The van der Waals surface area contributed by atoms with Crippen molar-refractivity contribution in [3.8, 4) is 5.75 Å². The van der Waals surface area contributed by atoms with Gasteiger partial charge in [0.25, 0.3) is 0 Å². The number of halogens is 4. The van der Waals surface area contributed by atoms with E-state index in [9.17, 15) is 13.2 Å². The molecular weight excluding hydrogens is 365 g/mol. The first-order chi connectivity index (χ1) is 11.1. The molecule has 0 atom stereocenters. The summed E-state index contributed by atoms with van der Waals surface area (Å²) < 4.78 is 45.9. The number of hydrogen-bond acceptors (Lipinski definition) is 4. The summed E-state index contributed by atoms with van der Waals surface area (Å²) in [5.41, 5.74) is 0.811. The van der Waals surface area contributed by atoms with Gasteiger partial charge in [-0.05, 0) is 37.5 Å². The molecule has 0 saturated heterocycles. The second kappa shape index (κ2) is 7.12. The molecule has 1 aromatic carbocycles. The van der Waals surface area contributed by atoms with Gasteiger partial charge in [0.05, 0.1) is 13.8 Å². The molecule has 0 aliphatic heterocycles. The molecule has 10 heteroatoms. The van der Waals surface area contributed by atoms with Gasteiger partial charge in [0, 0.05) is 24.2 Å². The first-order valence-electron chi connectivity index (χ1n) is 6.85. The van der Waals surface area contributed by atoms with Gasteiger partial charge < -0.3 is 4.74 Å². The van der Waals surface area contributed by atoms with E-state index in [-0.39, 0.29) is 11.4 Å². The zero-order chi connectivity index (χ0) is 18.1. The van der Waals surface area contributed by atoms with E-state index in [1.54, 1.807) is 30.1 Å². The SMILES string of the molecule is COc1ccc(Cl)cc1CN(C)Cn1nc(C(F)(F)F)n(C)c1=S. The van der Waals surface area contributed by atoms with Crippen molar-refractivity contribution in [3.63, 3.8) is 0 Å². The van der Waals surface area contributed by atoms with E-state index in [1.165, 1.54) is 14.2 Å². The molecule has 5 nitrogen and oxygen atoms in total. The van der Waals surface area contributed by atoms with Crippen molar-refractivity contribution in [1.82, 2.24) is 19.2 Å². The first kappa shape index (κ1) is 18.8. The van der Waals surface area contributed by atoms with Crippen LogP contribution < -0.4 is 4.74 Å². The van der Waals surface area contributed by atoms with E-state index < -0.39 is 12.0 Å². The van der Waals surface area contributed by atoms with Crippen LogP contribution in [0.5, 0.6) is 5.75 Å². The number of ether oxygens (including phenoxy) is 1. The van der Waals surface area contributed by atoms with Crippen molar-refractivity contribution in [1.29, 1.82) is 0 Å². The van der Waals surface area contributed by atoms with Crippen LogP contribution in [0.2, 0.25) is 5.02 Å². The molecule has 0 radical (unpaired) electrons. The van der Waals surface area contributed by atoms with Gasteiger partial charge in [0.1, 0.15) is 5.75 Å². The molecule has 1 aromatic heterocycles. The van der Waals surface area contributed by atoms with E-state index in [4.69, 9.17) is 28.6 Å². The maximum atomic E-state index is 12.9. The summed E-state index contributed by atoms with van der Waals surface area (Å²) >= 11 is 11.0. The topological polar surface area (TPSA) is 35.2 Å². The predicted molar refractivity (Wildman–Crippen MR) is 86.5 cm³/mol. The Morgan fingerprint density at radius 3 is 2.58 bits per heavy atom. The second-order valence-corrected chi connectivity index (χ2v) is 6.08. The van der Waals surface area contributed by atoms with Crippen LogP contribution in [0.1, 0.15) is 11.4 Å². The average Bonchev–Trinajstić information content (AvgIpc) is 2.76. The lowest BCUT2D eigenvalue weighted by Gasteiger charge is -2.18. The van der Waals surface area contributed by atoms with Gasteiger partial charge in [0.15, 0.2) is 4.77 Å². The summed E-state index contributed by atoms with van der Waals surface area (Å²) in [6.07, 6.45) is -4.55. The van der Waals surface area contributed by atoms with Gasteiger partial charge in [-0.3, -0.25) is 9.47 Å². The summed E-state index contributed by atoms with van der Waals surface area (Å²) in [7, 11) is 4.52. The number of rotatable bonds is 5. The summed E-state index contributed by atoms with van der Waals surface area (Å²) in [4.78, 5) is 1.76. The summed E-state index contributed by atoms with van der Waals surface area (Å²) in [6, 6.07) is 5.18. The third-order valence-corrected chi connectivity index (χ3v) is 4.07. The molecular formula is C14H16ClF3N4OS. The van der Waals surface area contributed by atoms with Gasteiger partial charge in [-0.15, -0.1) is 5.10 Å². The fraction of sp³-hybridized carbons (Fsp3) is 0.429. The molecule has 0 N–H and O–H groups in total. The monoisotopic (exact) mass is 380 g/mol. The van der Waals surface area contributed by atoms with Crippen molar-refractivity contribution >= 4 is 23.8 Å². The van der Waals surface area contributed by atoms with Crippen LogP contribution in [-0.4, -0.2) is 33.4 Å². The van der Waals surface area contributed by atoms with Crippen LogP contribution in [0.3, 0.4) is 0 Å². The molecule has 132 valence electrons. The second-order valence-electron chi connectivity index (χ2n) is 5.27. The van der Waals surface area contributed by atoms with Crippen molar-refractivity contribution in [2.24, 2.45) is 7.05 Å². The number of alkyl halides is 3. The molecule has 24 heavy (non-hydrogen) atoms. The number of nitrogens with zero attached hydrogens (tertiary/aromatic N) is 4. The predicted octanol–water partition coefficient (Wildman–Crippen LogP) is 3.72. The maximum Gasteiger partial charge on any atom is 0.451 e. The molecule has 0 amide bonds. The standard InChI is InChI=1S/C14H16ClF3N4OS/c1-20(7-9-6-10(15)4-5-11(9)23-3)8-22-13(24)21(2)12(19-22)14(16,17)18/h4-6H,7-8H2,1-3H3. The van der Waals surface area contributed by atoms with Gasteiger partial charge >= 0.3 is 6.18 Å². The Hall–Kier alpha value is -1.58. The fourth-order valence-corrected chi connectivity index (χ4v) is 2.65. The quantitative estimate of drug-likeness (QED) is 0.740. The maximum absolute atomic E-state index is 12.9. The summed E-state index contributed by atoms with van der Waals surface area (Å²) in [5, 5.41) is 4.12. The van der Waals surface area contributed by atoms with Gasteiger partial charge in [0.2, 0.25) is 5.82 Å². The van der Waals surface area contributed by atoms with Gasteiger partial charge in [-0.1, -0.05) is 11.6 Å². The molecule has 0 fully saturated rings. The van der Waals surface area contributed by atoms with E-state index >= 15 is 0 Å². The molecule has 0 bridgehead atoms. The number of hydrogen-bond donors (Lipinski definition) is 0. The normalized spacial score (nSPS) is 12.0. The number of aromatic nitrogens is 3. The minimum Gasteiger partial charge on any atom is -0.496 e. The van der Waals surface area contributed by atoms with Gasteiger partial charge in [-0.2, -0.15) is 13.2 Å². The summed E-state index contributed by atoms with van der Waals surface area (Å²) in [6.45, 7) is 0.502. The van der Waals surface area contributed by atoms with Crippen LogP contribution in [0.4, 0.5) is 13.2 Å². The molecule has 0 aliphatic carbocycles. The Morgan fingerprint density at radius 2 is 2.04 bits per heavy atom. The van der Waals surface area contributed by atoms with E-state index in [0.717, 1.165) is 14.8 Å². The molecule has 2 rings (SSSR count). The minimum atomic E-state index is -4.55. The Morgan fingerprint density at radius 1 is 1.38 bits per heavy atom. The third kappa shape index (κ3) is 4.08. The molecule has 0 unspecified atom stereocenters. The highest BCUT2D eigenvalue weighted by atomic mass is 35.5. The van der Waals surface area contributed by atoms with E-state index in [1.807, 2.05) is 0 Å². The van der Waals surface area contributed by atoms with Crippen molar-refractivity contribution < 1.29 is 17.9 Å². The highest BCUT2D eigenvalue weighted by Crippen LogP contribution is 2.28. The lowest BCUT2D eigenvalue weighted by atomic mass is 10.2. The number of benzene rings is 1.